The van der Waals surface area contributed by atoms with Crippen molar-refractivity contribution in [2.75, 3.05) is 12.4 Å². The van der Waals surface area contributed by atoms with Crippen LogP contribution in [0, 0.1) is 20.2 Å². The number of alkyl halides is 3. The number of benzene rings is 3. The van der Waals surface area contributed by atoms with E-state index in [0.29, 0.717) is 23.4 Å². The molecular weight excluding hydrogens is 483 g/mol. The van der Waals surface area contributed by atoms with E-state index in [1.807, 2.05) is 0 Å². The number of hydrogen-bond donors (Lipinski definition) is 1. The van der Waals surface area contributed by atoms with Gasteiger partial charge in [0, 0.05) is 30.4 Å². The van der Waals surface area contributed by atoms with Crippen molar-refractivity contribution in [3.8, 4) is 17.2 Å². The number of non-ortho nitro benzene ring substituents is 1. The molecule has 0 saturated carbocycles. The molecule has 0 spiro atoms. The predicted molar refractivity (Wildman–Crippen MR) is 117 cm³/mol. The molecule has 0 aromatic heterocycles. The van der Waals surface area contributed by atoms with E-state index in [1.54, 1.807) is 0 Å². The highest BCUT2D eigenvalue weighted by Crippen LogP contribution is 2.43. The number of methoxy groups -OCH3 is 1. The Labute approximate surface area is 195 Å². The maximum atomic E-state index is 12.9. The average molecular weight is 498 g/mol. The molecule has 3 aromatic rings. The van der Waals surface area contributed by atoms with Gasteiger partial charge in [-0.1, -0.05) is 11.6 Å². The first-order valence-corrected chi connectivity index (χ1v) is 9.75. The molecule has 0 aliphatic carbocycles. The number of ether oxygens (including phenoxy) is 2. The Morgan fingerprint density at radius 3 is 2.21 bits per heavy atom. The Kier molecular flexibility index (Phi) is 7.11. The number of anilines is 1. The first-order chi connectivity index (χ1) is 16.0. The van der Waals surface area contributed by atoms with Gasteiger partial charge < -0.3 is 14.8 Å². The first kappa shape index (κ1) is 24.6. The van der Waals surface area contributed by atoms with Crippen molar-refractivity contribution in [3.05, 3.63) is 91.0 Å². The Bertz CT molecular complexity index is 1240. The van der Waals surface area contributed by atoms with Crippen molar-refractivity contribution in [2.45, 2.75) is 12.7 Å². The summed E-state index contributed by atoms with van der Waals surface area (Å²) in [5.74, 6) is -0.483. The lowest BCUT2D eigenvalue weighted by molar-refractivity contribution is -0.385. The predicted octanol–water partition coefficient (Wildman–Crippen LogP) is 6.59. The van der Waals surface area contributed by atoms with Crippen LogP contribution in [0.25, 0.3) is 0 Å². The molecule has 0 amide bonds. The van der Waals surface area contributed by atoms with E-state index in [4.69, 9.17) is 21.1 Å². The van der Waals surface area contributed by atoms with Gasteiger partial charge in [0.2, 0.25) is 5.75 Å². The highest BCUT2D eigenvalue weighted by Gasteiger charge is 2.33. The van der Waals surface area contributed by atoms with Crippen LogP contribution in [0.4, 0.5) is 30.2 Å². The average Bonchev–Trinajstić information content (AvgIpc) is 2.78. The first-order valence-electron chi connectivity index (χ1n) is 9.38. The summed E-state index contributed by atoms with van der Waals surface area (Å²) < 4.78 is 49.5. The zero-order chi connectivity index (χ0) is 25.0. The monoisotopic (exact) mass is 497 g/mol. The molecule has 0 heterocycles. The summed E-state index contributed by atoms with van der Waals surface area (Å²) in [6.45, 7) is 0.231. The summed E-state index contributed by atoms with van der Waals surface area (Å²) in [4.78, 5) is 20.5. The lowest BCUT2D eigenvalue weighted by Gasteiger charge is -2.15. The molecule has 3 aromatic carbocycles. The number of nitro benzene ring substituents is 2. The van der Waals surface area contributed by atoms with Crippen molar-refractivity contribution in [2.24, 2.45) is 0 Å². The second kappa shape index (κ2) is 9.83. The van der Waals surface area contributed by atoms with Crippen LogP contribution in [0.3, 0.4) is 0 Å². The van der Waals surface area contributed by atoms with Crippen LogP contribution in [-0.4, -0.2) is 17.0 Å². The molecule has 0 saturated heterocycles. The third-order valence-corrected chi connectivity index (χ3v) is 4.84. The van der Waals surface area contributed by atoms with Crippen molar-refractivity contribution in [1.29, 1.82) is 0 Å². The van der Waals surface area contributed by atoms with E-state index in [9.17, 15) is 33.4 Å². The van der Waals surface area contributed by atoms with E-state index in [-0.39, 0.29) is 28.8 Å². The maximum absolute atomic E-state index is 12.9. The number of nitro groups is 2. The van der Waals surface area contributed by atoms with E-state index in [2.05, 4.69) is 5.32 Å². The Hall–Kier alpha value is -4.06. The number of nitrogens with one attached hydrogen (secondary N) is 1. The molecule has 0 unspecified atom stereocenters. The molecule has 0 radical (unpaired) electrons. The van der Waals surface area contributed by atoms with E-state index in [0.717, 1.165) is 6.07 Å². The minimum atomic E-state index is -4.77. The Balaban J connectivity index is 1.85. The van der Waals surface area contributed by atoms with Crippen molar-refractivity contribution in [1.82, 2.24) is 0 Å². The third kappa shape index (κ3) is 5.64. The van der Waals surface area contributed by atoms with Gasteiger partial charge in [-0.2, -0.15) is 13.2 Å². The van der Waals surface area contributed by atoms with Gasteiger partial charge in [0.25, 0.3) is 5.69 Å². The van der Waals surface area contributed by atoms with Gasteiger partial charge in [-0.3, -0.25) is 20.2 Å². The molecule has 1 N–H and O–H groups in total. The minimum Gasteiger partial charge on any atom is -0.493 e. The lowest BCUT2D eigenvalue weighted by atomic mass is 10.1. The van der Waals surface area contributed by atoms with Crippen LogP contribution < -0.4 is 14.8 Å². The van der Waals surface area contributed by atoms with Crippen LogP contribution >= 0.6 is 11.6 Å². The highest BCUT2D eigenvalue weighted by molar-refractivity contribution is 6.32. The molecular formula is C21H15ClF3N3O6. The lowest BCUT2D eigenvalue weighted by Crippen LogP contribution is -2.06. The van der Waals surface area contributed by atoms with E-state index >= 15 is 0 Å². The van der Waals surface area contributed by atoms with Gasteiger partial charge in [0.05, 0.1) is 27.5 Å². The van der Waals surface area contributed by atoms with Crippen molar-refractivity contribution in [3.63, 3.8) is 0 Å². The standard InChI is InChI=1S/C21H15ClF3N3O6/c1-33-19-9-12(11-26-14-3-5-15(6-4-14)27(29)30)8-16(22)20(19)34-18-7-2-13(21(23,24)25)10-17(18)28(31)32/h2-10,26H,11H2,1H3. The summed E-state index contributed by atoms with van der Waals surface area (Å²) in [5, 5.41) is 25.1. The second-order valence-electron chi connectivity index (χ2n) is 6.81. The molecule has 9 nitrogen and oxygen atoms in total. The SMILES string of the molecule is COc1cc(CNc2ccc([N+](=O)[O-])cc2)cc(Cl)c1Oc1ccc(C(F)(F)F)cc1[N+](=O)[O-]. The van der Waals surface area contributed by atoms with E-state index in [1.165, 1.54) is 43.5 Å². The van der Waals surface area contributed by atoms with Crippen LogP contribution in [0.5, 0.6) is 17.2 Å². The van der Waals surface area contributed by atoms with Gasteiger partial charge >= 0.3 is 11.9 Å². The van der Waals surface area contributed by atoms with Gasteiger partial charge in [-0.05, 0) is 42.0 Å². The molecule has 0 bridgehead atoms. The number of rotatable bonds is 8. The van der Waals surface area contributed by atoms with E-state index < -0.39 is 33.0 Å². The number of nitrogens with zero attached hydrogens (tertiary/aromatic N) is 2. The van der Waals surface area contributed by atoms with Crippen molar-refractivity contribution >= 4 is 28.7 Å². The molecule has 0 aliphatic rings. The smallest absolute Gasteiger partial charge is 0.416 e. The van der Waals surface area contributed by atoms with Gasteiger partial charge in [0.1, 0.15) is 0 Å². The number of halogens is 4. The summed E-state index contributed by atoms with van der Waals surface area (Å²) >= 11 is 6.28. The molecule has 3 rings (SSSR count). The third-order valence-electron chi connectivity index (χ3n) is 4.56. The molecule has 0 fully saturated rings. The fourth-order valence-corrected chi connectivity index (χ4v) is 3.18. The molecule has 0 aliphatic heterocycles. The summed E-state index contributed by atoms with van der Waals surface area (Å²) in [5.41, 5.74) is -0.945. The molecule has 178 valence electrons. The Morgan fingerprint density at radius 1 is 0.971 bits per heavy atom. The van der Waals surface area contributed by atoms with Crippen LogP contribution in [-0.2, 0) is 12.7 Å². The van der Waals surface area contributed by atoms with Crippen LogP contribution in [0.1, 0.15) is 11.1 Å². The molecule has 13 heteroatoms. The second-order valence-corrected chi connectivity index (χ2v) is 7.21. The zero-order valence-corrected chi connectivity index (χ0v) is 18.0. The fraction of sp³-hybridized carbons (Fsp3) is 0.143. The minimum absolute atomic E-state index is 0.00551. The van der Waals surface area contributed by atoms with Gasteiger partial charge in [-0.15, -0.1) is 0 Å². The molecule has 34 heavy (non-hydrogen) atoms. The summed E-state index contributed by atoms with van der Waals surface area (Å²) in [7, 11) is 1.30. The highest BCUT2D eigenvalue weighted by atomic mass is 35.5. The summed E-state index contributed by atoms with van der Waals surface area (Å²) in [6, 6.07) is 10.6. The summed E-state index contributed by atoms with van der Waals surface area (Å²) in [6.07, 6.45) is -4.77. The van der Waals surface area contributed by atoms with Crippen LogP contribution in [0.2, 0.25) is 5.02 Å². The zero-order valence-electron chi connectivity index (χ0n) is 17.3. The fourth-order valence-electron chi connectivity index (χ4n) is 2.91. The van der Waals surface area contributed by atoms with Crippen LogP contribution in [0.15, 0.2) is 54.6 Å². The molecule has 0 atom stereocenters. The van der Waals surface area contributed by atoms with Gasteiger partial charge in [-0.25, -0.2) is 0 Å². The Morgan fingerprint density at radius 2 is 1.65 bits per heavy atom. The maximum Gasteiger partial charge on any atom is 0.416 e. The largest absolute Gasteiger partial charge is 0.493 e. The quantitative estimate of drug-likeness (QED) is 0.275. The normalized spacial score (nSPS) is 11.1. The number of hydrogen-bond acceptors (Lipinski definition) is 7. The topological polar surface area (TPSA) is 117 Å². The van der Waals surface area contributed by atoms with Crippen molar-refractivity contribution < 1.29 is 32.5 Å². The van der Waals surface area contributed by atoms with Gasteiger partial charge in [0.15, 0.2) is 11.5 Å².